The summed E-state index contributed by atoms with van der Waals surface area (Å²) in [5, 5.41) is 14.7. The molecule has 2 atom stereocenters. The number of aliphatic carboxylic acids is 1. The van der Waals surface area contributed by atoms with Gasteiger partial charge in [-0.25, -0.2) is 4.79 Å². The quantitative estimate of drug-likeness (QED) is 0.693. The molecule has 0 aromatic heterocycles. The van der Waals surface area contributed by atoms with Crippen molar-refractivity contribution >= 4 is 12.0 Å². The van der Waals surface area contributed by atoms with Crippen LogP contribution < -0.4 is 10.6 Å². The minimum atomic E-state index is -0.844. The molecule has 2 amide bonds. The predicted molar refractivity (Wildman–Crippen MR) is 74.0 cm³/mol. The summed E-state index contributed by atoms with van der Waals surface area (Å²) in [6.07, 6.45) is 4.63. The highest BCUT2D eigenvalue weighted by Crippen LogP contribution is 2.36. The Hall–Kier alpha value is -1.26. The normalized spacial score (nSPS) is 22.8. The summed E-state index contributed by atoms with van der Waals surface area (Å²) in [5.41, 5.74) is 0.132. The molecule has 5 nitrogen and oxygen atoms in total. The molecular formula is C14H26N2O3. The van der Waals surface area contributed by atoms with E-state index in [0.29, 0.717) is 6.42 Å². The van der Waals surface area contributed by atoms with Crippen molar-refractivity contribution in [3.05, 3.63) is 0 Å². The van der Waals surface area contributed by atoms with Gasteiger partial charge < -0.3 is 15.7 Å². The molecule has 3 N–H and O–H groups in total. The van der Waals surface area contributed by atoms with Crippen molar-refractivity contribution in [3.63, 3.8) is 0 Å². The molecule has 0 aromatic carbocycles. The van der Waals surface area contributed by atoms with Gasteiger partial charge in [0.25, 0.3) is 0 Å². The molecule has 1 aliphatic rings. The Balaban J connectivity index is 2.37. The number of urea groups is 1. The van der Waals surface area contributed by atoms with Gasteiger partial charge in [0.05, 0.1) is 5.92 Å². The van der Waals surface area contributed by atoms with Crippen LogP contribution in [0.4, 0.5) is 4.79 Å². The third-order valence-corrected chi connectivity index (χ3v) is 4.06. The zero-order chi connectivity index (χ0) is 14.5. The third-order valence-electron chi connectivity index (χ3n) is 4.06. The average molecular weight is 270 g/mol. The van der Waals surface area contributed by atoms with Crippen LogP contribution in [0.1, 0.15) is 52.9 Å². The van der Waals surface area contributed by atoms with Gasteiger partial charge in [0, 0.05) is 12.6 Å². The fourth-order valence-corrected chi connectivity index (χ4v) is 2.68. The van der Waals surface area contributed by atoms with Crippen molar-refractivity contribution in [1.82, 2.24) is 10.6 Å². The minimum absolute atomic E-state index is 0.132. The van der Waals surface area contributed by atoms with Gasteiger partial charge in [-0.05, 0) is 24.7 Å². The van der Waals surface area contributed by atoms with Gasteiger partial charge in [-0.2, -0.15) is 0 Å². The molecule has 0 radical (unpaired) electrons. The third kappa shape index (κ3) is 4.73. The smallest absolute Gasteiger partial charge is 0.315 e. The average Bonchev–Trinajstić information content (AvgIpc) is 2.63. The van der Waals surface area contributed by atoms with E-state index in [1.807, 2.05) is 6.92 Å². The molecule has 0 heterocycles. The Labute approximate surface area is 115 Å². The van der Waals surface area contributed by atoms with Crippen molar-refractivity contribution in [2.45, 2.75) is 58.9 Å². The van der Waals surface area contributed by atoms with Crippen molar-refractivity contribution in [1.29, 1.82) is 0 Å². The summed E-state index contributed by atoms with van der Waals surface area (Å²) >= 11 is 0. The van der Waals surface area contributed by atoms with E-state index in [9.17, 15) is 9.59 Å². The summed E-state index contributed by atoms with van der Waals surface area (Å²) in [4.78, 5) is 22.8. The lowest BCUT2D eigenvalue weighted by Gasteiger charge is -2.28. The molecule has 1 rings (SSSR count). The highest BCUT2D eigenvalue weighted by atomic mass is 16.4. The molecule has 1 fully saturated rings. The molecule has 1 saturated carbocycles. The number of rotatable bonds is 6. The summed E-state index contributed by atoms with van der Waals surface area (Å²) in [6, 6.07) is -0.0655. The highest BCUT2D eigenvalue weighted by molar-refractivity contribution is 5.76. The van der Waals surface area contributed by atoms with Crippen LogP contribution in [0.2, 0.25) is 0 Å². The van der Waals surface area contributed by atoms with Gasteiger partial charge in [0.1, 0.15) is 0 Å². The van der Waals surface area contributed by atoms with Crippen molar-refractivity contribution in [2.24, 2.45) is 11.3 Å². The number of hydrogen-bond donors (Lipinski definition) is 3. The number of amides is 2. The van der Waals surface area contributed by atoms with E-state index >= 15 is 0 Å². The topological polar surface area (TPSA) is 78.4 Å². The van der Waals surface area contributed by atoms with Crippen molar-refractivity contribution < 1.29 is 14.7 Å². The lowest BCUT2D eigenvalue weighted by molar-refractivity contribution is -0.141. The number of carboxylic acid groups (broad SMARTS) is 1. The SMILES string of the molecule is CCCC(CNC(=O)NC1CCCC1(C)C)C(=O)O. The second kappa shape index (κ2) is 6.78. The maximum absolute atomic E-state index is 11.8. The fourth-order valence-electron chi connectivity index (χ4n) is 2.68. The molecule has 19 heavy (non-hydrogen) atoms. The van der Waals surface area contributed by atoms with Crippen LogP contribution in [0.15, 0.2) is 0 Å². The van der Waals surface area contributed by atoms with E-state index in [4.69, 9.17) is 5.11 Å². The molecule has 1 aliphatic carbocycles. The standard InChI is InChI=1S/C14H26N2O3/c1-4-6-10(12(17)18)9-15-13(19)16-11-7-5-8-14(11,2)3/h10-11H,4-9H2,1-3H3,(H,17,18)(H2,15,16,19). The Morgan fingerprint density at radius 3 is 2.58 bits per heavy atom. The second-order valence-corrected chi connectivity index (χ2v) is 6.11. The lowest BCUT2D eigenvalue weighted by Crippen LogP contribution is -2.47. The number of hydrogen-bond acceptors (Lipinski definition) is 2. The van der Waals surface area contributed by atoms with E-state index in [0.717, 1.165) is 25.7 Å². The van der Waals surface area contributed by atoms with Gasteiger partial charge in [0.2, 0.25) is 0 Å². The summed E-state index contributed by atoms with van der Waals surface area (Å²) in [6.45, 7) is 6.45. The van der Waals surface area contributed by atoms with Crippen LogP contribution in [-0.4, -0.2) is 29.7 Å². The first-order valence-electron chi connectivity index (χ1n) is 7.14. The van der Waals surface area contributed by atoms with Crippen LogP contribution in [0, 0.1) is 11.3 Å². The van der Waals surface area contributed by atoms with Gasteiger partial charge in [0.15, 0.2) is 0 Å². The first kappa shape index (κ1) is 15.8. The Bertz CT molecular complexity index is 329. The summed E-state index contributed by atoms with van der Waals surface area (Å²) in [7, 11) is 0. The van der Waals surface area contributed by atoms with Crippen LogP contribution in [0.3, 0.4) is 0 Å². The Kier molecular flexibility index (Phi) is 5.63. The molecule has 5 heteroatoms. The van der Waals surface area contributed by atoms with Crippen molar-refractivity contribution in [3.8, 4) is 0 Å². The molecule has 0 saturated heterocycles. The minimum Gasteiger partial charge on any atom is -0.481 e. The number of carbonyl (C=O) groups is 2. The fraction of sp³-hybridized carbons (Fsp3) is 0.857. The van der Waals surface area contributed by atoms with Crippen LogP contribution in [0.25, 0.3) is 0 Å². The Morgan fingerprint density at radius 1 is 1.42 bits per heavy atom. The molecule has 0 aliphatic heterocycles. The number of carboxylic acids is 1. The zero-order valence-corrected chi connectivity index (χ0v) is 12.2. The first-order valence-corrected chi connectivity index (χ1v) is 7.14. The predicted octanol–water partition coefficient (Wildman–Crippen LogP) is 2.37. The first-order chi connectivity index (χ1) is 8.86. The molecular weight excluding hydrogens is 244 g/mol. The number of carbonyl (C=O) groups excluding carboxylic acids is 1. The van der Waals surface area contributed by atoms with Gasteiger partial charge in [-0.3, -0.25) is 4.79 Å². The molecule has 110 valence electrons. The van der Waals surface area contributed by atoms with Crippen LogP contribution in [-0.2, 0) is 4.79 Å². The Morgan fingerprint density at radius 2 is 2.11 bits per heavy atom. The molecule has 2 unspecified atom stereocenters. The second-order valence-electron chi connectivity index (χ2n) is 6.11. The zero-order valence-electron chi connectivity index (χ0n) is 12.2. The van der Waals surface area contributed by atoms with Gasteiger partial charge in [-0.1, -0.05) is 33.6 Å². The largest absolute Gasteiger partial charge is 0.481 e. The van der Waals surface area contributed by atoms with E-state index < -0.39 is 11.9 Å². The summed E-state index contributed by atoms with van der Waals surface area (Å²) < 4.78 is 0. The van der Waals surface area contributed by atoms with E-state index in [-0.39, 0.29) is 24.0 Å². The summed E-state index contributed by atoms with van der Waals surface area (Å²) in [5.74, 6) is -1.34. The van der Waals surface area contributed by atoms with Crippen LogP contribution in [0.5, 0.6) is 0 Å². The van der Waals surface area contributed by atoms with Crippen LogP contribution >= 0.6 is 0 Å². The molecule has 0 bridgehead atoms. The lowest BCUT2D eigenvalue weighted by atomic mass is 9.87. The van der Waals surface area contributed by atoms with E-state index in [1.54, 1.807) is 0 Å². The number of nitrogens with one attached hydrogen (secondary N) is 2. The maximum atomic E-state index is 11.8. The van der Waals surface area contributed by atoms with Gasteiger partial charge >= 0.3 is 12.0 Å². The highest BCUT2D eigenvalue weighted by Gasteiger charge is 2.35. The molecule has 0 aromatic rings. The van der Waals surface area contributed by atoms with Gasteiger partial charge in [-0.15, -0.1) is 0 Å². The maximum Gasteiger partial charge on any atom is 0.315 e. The van der Waals surface area contributed by atoms with E-state index in [1.165, 1.54) is 0 Å². The van der Waals surface area contributed by atoms with Crippen molar-refractivity contribution in [2.75, 3.05) is 6.54 Å². The van der Waals surface area contributed by atoms with E-state index in [2.05, 4.69) is 24.5 Å². The molecule has 0 spiro atoms. The monoisotopic (exact) mass is 270 g/mol.